The summed E-state index contributed by atoms with van der Waals surface area (Å²) < 4.78 is 61.1. The Morgan fingerprint density at radius 2 is 1.87 bits per heavy atom. The van der Waals surface area contributed by atoms with Gasteiger partial charge in [-0.05, 0) is 62.1 Å². The smallest absolute Gasteiger partial charge is 0.248 e. The summed E-state index contributed by atoms with van der Waals surface area (Å²) >= 11 is 1.75. The van der Waals surface area contributed by atoms with Crippen molar-refractivity contribution in [2.45, 2.75) is 36.5 Å². The van der Waals surface area contributed by atoms with Gasteiger partial charge in [0.05, 0.1) is 5.69 Å². The van der Waals surface area contributed by atoms with Crippen LogP contribution in [0.3, 0.4) is 0 Å². The molecule has 1 unspecified atom stereocenters. The zero-order valence-electron chi connectivity index (χ0n) is 21.6. The number of hydrogen-bond acceptors (Lipinski definition) is 6. The van der Waals surface area contributed by atoms with Crippen LogP contribution in [0.5, 0.6) is 0 Å². The Morgan fingerprint density at radius 1 is 1.13 bits per heavy atom. The van der Waals surface area contributed by atoms with Crippen molar-refractivity contribution in [1.29, 1.82) is 0 Å². The lowest BCUT2D eigenvalue weighted by molar-refractivity contribution is -0.123. The molecule has 7 nitrogen and oxygen atoms in total. The first kappa shape index (κ1) is 27.5. The monoisotopic (exact) mass is 573 g/mol. The Hall–Kier alpha value is -3.02. The van der Waals surface area contributed by atoms with Gasteiger partial charge in [-0.3, -0.25) is 4.79 Å². The maximum absolute atomic E-state index is 14.0. The molecule has 1 fully saturated rings. The van der Waals surface area contributed by atoms with Gasteiger partial charge in [0.2, 0.25) is 15.9 Å². The number of anilines is 1. The second kappa shape index (κ2) is 11.2. The van der Waals surface area contributed by atoms with Crippen molar-refractivity contribution in [3.8, 4) is 0 Å². The van der Waals surface area contributed by atoms with E-state index in [9.17, 15) is 22.0 Å². The van der Waals surface area contributed by atoms with Crippen LogP contribution in [0.1, 0.15) is 36.8 Å². The van der Waals surface area contributed by atoms with Crippen LogP contribution in [-0.2, 0) is 14.8 Å². The highest BCUT2D eigenvalue weighted by atomic mass is 32.2. The molecule has 5 rings (SSSR count). The van der Waals surface area contributed by atoms with Gasteiger partial charge >= 0.3 is 0 Å². The molecule has 1 atom stereocenters. The fourth-order valence-electron chi connectivity index (χ4n) is 5.00. The number of thioether (sulfide) groups is 1. The van der Waals surface area contributed by atoms with Crippen LogP contribution < -0.4 is 4.90 Å². The minimum atomic E-state index is -3.99. The molecule has 0 saturated carbocycles. The number of benzene rings is 2. The van der Waals surface area contributed by atoms with Gasteiger partial charge in [-0.1, -0.05) is 24.2 Å². The Kier molecular flexibility index (Phi) is 7.93. The molecule has 0 radical (unpaired) electrons. The number of nitrogens with zero attached hydrogens (tertiary/aromatic N) is 3. The Labute approximate surface area is 230 Å². The van der Waals surface area contributed by atoms with E-state index in [2.05, 4.69) is 12.1 Å². The van der Waals surface area contributed by atoms with Crippen LogP contribution in [0.15, 0.2) is 56.8 Å². The largest absolute Gasteiger partial charge is 0.355 e. The predicted molar refractivity (Wildman–Crippen MR) is 147 cm³/mol. The molecule has 206 valence electrons. The third-order valence-electron chi connectivity index (χ3n) is 7.05. The summed E-state index contributed by atoms with van der Waals surface area (Å²) in [6, 6.07) is 11.0. The van der Waals surface area contributed by atoms with E-state index in [4.69, 9.17) is 4.52 Å². The number of fused-ring (bicyclic) bond motifs is 1. The molecule has 3 aromatic rings. The van der Waals surface area contributed by atoms with E-state index in [1.807, 2.05) is 29.2 Å². The molecule has 1 saturated heterocycles. The SMILES string of the molecule is Cc1noc(/C=C/c2ccc(F)cc2F)c1S(=O)(=O)N1CCC(C(=O)N2CC(C)CSc3ccccc32)CC1. The van der Waals surface area contributed by atoms with E-state index in [1.165, 1.54) is 29.4 Å². The molecular formula is C28H29F2N3O4S2. The Balaban J connectivity index is 1.32. The molecule has 2 aromatic carbocycles. The highest BCUT2D eigenvalue weighted by Gasteiger charge is 2.38. The molecule has 0 aliphatic carbocycles. The van der Waals surface area contributed by atoms with Gasteiger partial charge in [-0.25, -0.2) is 17.2 Å². The fourth-order valence-corrected chi connectivity index (χ4v) is 7.79. The van der Waals surface area contributed by atoms with Crippen LogP contribution in [-0.4, -0.2) is 49.2 Å². The van der Waals surface area contributed by atoms with Crippen LogP contribution in [0.25, 0.3) is 12.2 Å². The first-order valence-corrected chi connectivity index (χ1v) is 15.2. The highest BCUT2D eigenvalue weighted by Crippen LogP contribution is 2.37. The normalized spacial score (nSPS) is 19.3. The number of rotatable bonds is 5. The van der Waals surface area contributed by atoms with E-state index in [0.29, 0.717) is 25.3 Å². The van der Waals surface area contributed by atoms with Gasteiger partial charge in [0.25, 0.3) is 0 Å². The number of piperidine rings is 1. The average Bonchev–Trinajstić information content (AvgIpc) is 3.21. The number of carbonyl (C=O) groups excluding carboxylic acids is 1. The van der Waals surface area contributed by atoms with Crippen molar-refractivity contribution in [3.05, 3.63) is 71.1 Å². The molecule has 0 spiro atoms. The second-order valence-electron chi connectivity index (χ2n) is 9.97. The van der Waals surface area contributed by atoms with Gasteiger partial charge in [0, 0.05) is 47.8 Å². The summed E-state index contributed by atoms with van der Waals surface area (Å²) in [7, 11) is -3.99. The maximum Gasteiger partial charge on any atom is 0.248 e. The zero-order valence-corrected chi connectivity index (χ0v) is 23.3. The third-order valence-corrected chi connectivity index (χ3v) is 10.5. The second-order valence-corrected chi connectivity index (χ2v) is 12.9. The average molecular weight is 574 g/mol. The number of para-hydroxylation sites is 1. The lowest BCUT2D eigenvalue weighted by atomic mass is 9.95. The zero-order chi connectivity index (χ0) is 27.7. The van der Waals surface area contributed by atoms with Gasteiger partial charge in [0.15, 0.2) is 10.7 Å². The van der Waals surface area contributed by atoms with Gasteiger partial charge in [0.1, 0.15) is 17.3 Å². The van der Waals surface area contributed by atoms with Crippen molar-refractivity contribution in [1.82, 2.24) is 9.46 Å². The van der Waals surface area contributed by atoms with Gasteiger partial charge in [-0.2, -0.15) is 4.31 Å². The summed E-state index contributed by atoms with van der Waals surface area (Å²) in [5, 5.41) is 3.82. The Morgan fingerprint density at radius 3 is 2.62 bits per heavy atom. The topological polar surface area (TPSA) is 83.7 Å². The van der Waals surface area contributed by atoms with Crippen molar-refractivity contribution >= 4 is 45.5 Å². The van der Waals surface area contributed by atoms with Crippen LogP contribution in [0.4, 0.5) is 14.5 Å². The van der Waals surface area contributed by atoms with E-state index in [0.717, 1.165) is 28.5 Å². The van der Waals surface area contributed by atoms with Gasteiger partial charge in [-0.15, -0.1) is 11.8 Å². The van der Waals surface area contributed by atoms with E-state index in [-0.39, 0.29) is 46.8 Å². The lowest BCUT2D eigenvalue weighted by Gasteiger charge is -2.34. The van der Waals surface area contributed by atoms with Crippen molar-refractivity contribution < 1.29 is 26.5 Å². The molecular weight excluding hydrogens is 544 g/mol. The number of aromatic nitrogens is 1. The lowest BCUT2D eigenvalue weighted by Crippen LogP contribution is -2.45. The Bertz CT molecular complexity index is 1510. The molecule has 2 aliphatic heterocycles. The van der Waals surface area contributed by atoms with Crippen molar-refractivity contribution in [2.24, 2.45) is 11.8 Å². The van der Waals surface area contributed by atoms with E-state index in [1.54, 1.807) is 11.8 Å². The molecule has 11 heteroatoms. The standard InChI is InChI=1S/C28H29F2N3O4S2/c1-18-16-33(24-5-3-4-6-26(24)38-17-18)28(34)21-11-13-32(14-12-21)39(35,36)27-19(2)31-37-25(27)10-8-20-7-9-22(29)15-23(20)30/h3-10,15,18,21H,11-14,16-17H2,1-2H3/b10-8+. The molecule has 1 amide bonds. The van der Waals surface area contributed by atoms with Crippen LogP contribution in [0.2, 0.25) is 0 Å². The molecule has 3 heterocycles. The summed E-state index contributed by atoms with van der Waals surface area (Å²) in [4.78, 5) is 16.5. The van der Waals surface area contributed by atoms with Crippen LogP contribution in [0, 0.1) is 30.4 Å². The molecule has 1 aromatic heterocycles. The molecule has 39 heavy (non-hydrogen) atoms. The first-order valence-electron chi connectivity index (χ1n) is 12.8. The number of aryl methyl sites for hydroxylation is 1. The quantitative estimate of drug-likeness (QED) is 0.395. The number of halogens is 2. The van der Waals surface area contributed by atoms with Crippen molar-refractivity contribution in [2.75, 3.05) is 30.3 Å². The summed E-state index contributed by atoms with van der Waals surface area (Å²) in [5.74, 6) is -0.526. The number of hydrogen-bond donors (Lipinski definition) is 0. The number of carbonyl (C=O) groups is 1. The first-order chi connectivity index (χ1) is 18.6. The predicted octanol–water partition coefficient (Wildman–Crippen LogP) is 5.61. The molecule has 0 N–H and O–H groups in total. The molecule has 2 aliphatic rings. The minimum Gasteiger partial charge on any atom is -0.355 e. The third kappa shape index (κ3) is 5.66. The fraction of sp³-hybridized carbons (Fsp3) is 0.357. The van der Waals surface area contributed by atoms with Crippen molar-refractivity contribution in [3.63, 3.8) is 0 Å². The summed E-state index contributed by atoms with van der Waals surface area (Å²) in [5.41, 5.74) is 1.18. The van der Waals surface area contributed by atoms with E-state index >= 15 is 0 Å². The summed E-state index contributed by atoms with van der Waals surface area (Å²) in [6.07, 6.45) is 3.43. The van der Waals surface area contributed by atoms with Gasteiger partial charge < -0.3 is 9.42 Å². The maximum atomic E-state index is 14.0. The van der Waals surface area contributed by atoms with E-state index < -0.39 is 21.7 Å². The molecule has 0 bridgehead atoms. The number of amides is 1. The highest BCUT2D eigenvalue weighted by molar-refractivity contribution is 7.99. The summed E-state index contributed by atoms with van der Waals surface area (Å²) in [6.45, 7) is 4.65. The van der Waals surface area contributed by atoms with Crippen LogP contribution >= 0.6 is 11.8 Å². The number of sulfonamides is 1. The minimum absolute atomic E-state index is 0.0277.